The minimum atomic E-state index is 0.404. The third-order valence-electron chi connectivity index (χ3n) is 1.00. The molecule has 0 spiro atoms. The van der Waals surface area contributed by atoms with E-state index >= 15 is 0 Å². The lowest BCUT2D eigenvalue weighted by Gasteiger charge is -1.96. The van der Waals surface area contributed by atoms with E-state index in [1.807, 2.05) is 0 Å². The van der Waals surface area contributed by atoms with Gasteiger partial charge < -0.3 is 5.73 Å². The highest BCUT2D eigenvalue weighted by molar-refractivity contribution is 6.31. The Balaban J connectivity index is 3.17. The van der Waals surface area contributed by atoms with Gasteiger partial charge in [-0.05, 0) is 6.92 Å². The van der Waals surface area contributed by atoms with E-state index in [0.717, 1.165) is 0 Å². The van der Waals surface area contributed by atoms with Crippen molar-refractivity contribution in [2.75, 3.05) is 5.73 Å². The number of hydrogen-bond acceptors (Lipinski definition) is 3. The van der Waals surface area contributed by atoms with Crippen molar-refractivity contribution in [1.29, 1.82) is 0 Å². The average Bonchev–Trinajstić information content (AvgIpc) is 1.80. The molecule has 9 heavy (non-hydrogen) atoms. The second-order valence-corrected chi connectivity index (χ2v) is 1.77. The Morgan fingerprint density at radius 2 is 2.33 bits per heavy atom. The van der Waals surface area contributed by atoms with Crippen LogP contribution >= 0.6 is 0 Å². The topological polar surface area (TPSA) is 51.8 Å². The van der Waals surface area contributed by atoms with Crippen LogP contribution < -0.4 is 11.3 Å². The molecule has 0 fully saturated rings. The maximum Gasteiger partial charge on any atom is 0.144 e. The Morgan fingerprint density at radius 3 is 2.78 bits per heavy atom. The third kappa shape index (κ3) is 1.19. The van der Waals surface area contributed by atoms with Gasteiger partial charge >= 0.3 is 0 Å². The number of hydrogen-bond donors (Lipinski definition) is 1. The molecule has 2 N–H and O–H groups in total. The molecule has 0 amide bonds. The Bertz CT molecular complexity index is 223. The fraction of sp³-hybridized carbons (Fsp3) is 0.200. The highest BCUT2D eigenvalue weighted by atomic mass is 14.9. The summed E-state index contributed by atoms with van der Waals surface area (Å²) in [5.74, 6) is 0.404. The van der Waals surface area contributed by atoms with E-state index in [1.54, 1.807) is 6.92 Å². The van der Waals surface area contributed by atoms with E-state index < -0.39 is 0 Å². The van der Waals surface area contributed by atoms with Crippen LogP contribution in [0.3, 0.4) is 0 Å². The first-order valence-corrected chi connectivity index (χ1v) is 2.55. The van der Waals surface area contributed by atoms with E-state index in [-0.39, 0.29) is 0 Å². The summed E-state index contributed by atoms with van der Waals surface area (Å²) in [6.45, 7) is 1.76. The molecule has 1 aromatic heterocycles. The number of aromatic nitrogens is 2. The van der Waals surface area contributed by atoms with Gasteiger partial charge in [-0.1, -0.05) is 0 Å². The summed E-state index contributed by atoms with van der Waals surface area (Å²) < 4.78 is 0. The van der Waals surface area contributed by atoms with Crippen LogP contribution in [0.15, 0.2) is 6.20 Å². The largest absolute Gasteiger partial charge is 0.382 e. The number of nitrogens with two attached hydrogens (primary N) is 1. The molecule has 0 atom stereocenters. The Hall–Kier alpha value is -1.06. The second kappa shape index (κ2) is 2.05. The lowest BCUT2D eigenvalue weighted by Crippen LogP contribution is -2.14. The predicted octanol–water partition coefficient (Wildman–Crippen LogP) is -0.839. The molecule has 44 valence electrons. The molecule has 0 aliphatic heterocycles. The van der Waals surface area contributed by atoms with Gasteiger partial charge in [0.05, 0.1) is 11.9 Å². The molecule has 4 heteroatoms. The lowest BCUT2D eigenvalue weighted by atomic mass is 10.0. The summed E-state index contributed by atoms with van der Waals surface area (Å²) >= 11 is 0. The molecule has 0 unspecified atom stereocenters. The zero-order valence-electron chi connectivity index (χ0n) is 5.13. The Labute approximate surface area is 54.7 Å². The zero-order chi connectivity index (χ0) is 6.85. The minimum absolute atomic E-state index is 0.404. The first-order valence-electron chi connectivity index (χ1n) is 2.55. The number of anilines is 1. The van der Waals surface area contributed by atoms with Crippen LogP contribution in [-0.2, 0) is 0 Å². The standard InChI is InChI=1S/C5H6BN3/c1-3-5(6)8-2-4(7)9-3/h2H,1H3,(H2,7,9). The summed E-state index contributed by atoms with van der Waals surface area (Å²) in [5, 5.41) is 0. The van der Waals surface area contributed by atoms with Gasteiger partial charge in [0, 0.05) is 5.59 Å². The highest BCUT2D eigenvalue weighted by Crippen LogP contribution is 1.90. The summed E-state index contributed by atoms with van der Waals surface area (Å²) in [4.78, 5) is 7.63. The van der Waals surface area contributed by atoms with Crippen LogP contribution in [0.4, 0.5) is 5.82 Å². The van der Waals surface area contributed by atoms with Crippen LogP contribution in [0.2, 0.25) is 0 Å². The second-order valence-electron chi connectivity index (χ2n) is 1.77. The van der Waals surface area contributed by atoms with Crippen LogP contribution in [-0.4, -0.2) is 17.8 Å². The van der Waals surface area contributed by atoms with Gasteiger partial charge in [0.25, 0.3) is 0 Å². The lowest BCUT2D eigenvalue weighted by molar-refractivity contribution is 1.17. The first kappa shape index (κ1) is 6.07. The number of aryl methyl sites for hydroxylation is 1. The van der Waals surface area contributed by atoms with Crippen LogP contribution in [0.5, 0.6) is 0 Å². The van der Waals surface area contributed by atoms with Crippen molar-refractivity contribution in [1.82, 2.24) is 9.97 Å². The zero-order valence-corrected chi connectivity index (χ0v) is 5.13. The van der Waals surface area contributed by atoms with Gasteiger partial charge in [-0.25, -0.2) is 4.98 Å². The van der Waals surface area contributed by atoms with Crippen molar-refractivity contribution in [2.45, 2.75) is 6.92 Å². The molecule has 0 aliphatic carbocycles. The van der Waals surface area contributed by atoms with E-state index in [9.17, 15) is 0 Å². The highest BCUT2D eigenvalue weighted by Gasteiger charge is 1.92. The van der Waals surface area contributed by atoms with Crippen LogP contribution in [0.1, 0.15) is 5.69 Å². The summed E-state index contributed by atoms with van der Waals surface area (Å²) in [7, 11) is 5.36. The number of nitrogen functional groups attached to an aromatic ring is 1. The number of nitrogens with zero attached hydrogens (tertiary/aromatic N) is 2. The Kier molecular flexibility index (Phi) is 1.38. The predicted molar refractivity (Wildman–Crippen MR) is 36.6 cm³/mol. The maximum absolute atomic E-state index is 5.36. The molecule has 1 rings (SSSR count). The number of rotatable bonds is 0. The molecule has 0 aliphatic rings. The first-order chi connectivity index (χ1) is 4.20. The summed E-state index contributed by atoms with van der Waals surface area (Å²) in [6, 6.07) is 0. The smallest absolute Gasteiger partial charge is 0.144 e. The Morgan fingerprint density at radius 1 is 1.67 bits per heavy atom. The molecule has 0 aromatic carbocycles. The van der Waals surface area contributed by atoms with Crippen molar-refractivity contribution in [3.63, 3.8) is 0 Å². The van der Waals surface area contributed by atoms with E-state index in [2.05, 4.69) is 9.97 Å². The molecule has 1 heterocycles. The van der Waals surface area contributed by atoms with Gasteiger partial charge in [-0.3, -0.25) is 4.98 Å². The van der Waals surface area contributed by atoms with Crippen LogP contribution in [0.25, 0.3) is 0 Å². The maximum atomic E-state index is 5.36. The van der Waals surface area contributed by atoms with E-state index in [0.29, 0.717) is 17.1 Å². The third-order valence-corrected chi connectivity index (χ3v) is 1.00. The van der Waals surface area contributed by atoms with Crippen molar-refractivity contribution < 1.29 is 0 Å². The van der Waals surface area contributed by atoms with E-state index in [1.165, 1.54) is 6.20 Å². The fourth-order valence-corrected chi connectivity index (χ4v) is 0.509. The van der Waals surface area contributed by atoms with Gasteiger partial charge in [-0.2, -0.15) is 0 Å². The van der Waals surface area contributed by atoms with Crippen molar-refractivity contribution >= 4 is 19.3 Å². The van der Waals surface area contributed by atoms with Gasteiger partial charge in [-0.15, -0.1) is 0 Å². The molecule has 1 aromatic rings. The molecule has 2 radical (unpaired) electrons. The van der Waals surface area contributed by atoms with Crippen molar-refractivity contribution in [3.05, 3.63) is 11.9 Å². The van der Waals surface area contributed by atoms with Gasteiger partial charge in [0.15, 0.2) is 0 Å². The average molecular weight is 119 g/mol. The van der Waals surface area contributed by atoms with E-state index in [4.69, 9.17) is 13.6 Å². The monoisotopic (exact) mass is 119 g/mol. The normalized spacial score (nSPS) is 9.44. The van der Waals surface area contributed by atoms with Gasteiger partial charge in [0.2, 0.25) is 0 Å². The van der Waals surface area contributed by atoms with Gasteiger partial charge in [0.1, 0.15) is 13.7 Å². The summed E-state index contributed by atoms with van der Waals surface area (Å²) in [5.41, 5.74) is 6.41. The SMILES string of the molecule is [B]c1ncc(N)nc1C. The quantitative estimate of drug-likeness (QED) is 0.453. The molecule has 3 nitrogen and oxygen atoms in total. The summed E-state index contributed by atoms with van der Waals surface area (Å²) in [6.07, 6.45) is 1.43. The van der Waals surface area contributed by atoms with Crippen molar-refractivity contribution in [2.24, 2.45) is 0 Å². The fourth-order valence-electron chi connectivity index (χ4n) is 0.509. The molecule has 0 bridgehead atoms. The van der Waals surface area contributed by atoms with Crippen LogP contribution in [0, 0.1) is 6.92 Å². The minimum Gasteiger partial charge on any atom is -0.382 e. The molecular formula is C5H6BN3. The molecule has 0 saturated heterocycles. The van der Waals surface area contributed by atoms with Crippen molar-refractivity contribution in [3.8, 4) is 0 Å². The molecular weight excluding hydrogens is 113 g/mol. The molecule has 0 saturated carbocycles.